The van der Waals surface area contributed by atoms with Gasteiger partial charge in [-0.05, 0) is 33.6 Å². The molecule has 120 valence electrons. The molecule has 5 heteroatoms. The largest absolute Gasteiger partial charge is 0.308 e. The van der Waals surface area contributed by atoms with Gasteiger partial charge < -0.3 is 5.32 Å². The van der Waals surface area contributed by atoms with Crippen LogP contribution >= 0.6 is 11.6 Å². The first-order valence-electron chi connectivity index (χ1n) is 7.93. The Hall–Kier alpha value is -0.580. The lowest BCUT2D eigenvalue weighted by Crippen LogP contribution is -2.67. The number of hydrogen-bond donors (Lipinski definition) is 1. The first-order valence-corrected chi connectivity index (χ1v) is 8.30. The molecule has 0 spiro atoms. The molecule has 1 aliphatic rings. The van der Waals surface area contributed by atoms with E-state index in [0.717, 1.165) is 43.3 Å². The summed E-state index contributed by atoms with van der Waals surface area (Å²) in [7, 11) is 1.91. The second-order valence-corrected chi connectivity index (χ2v) is 7.31. The van der Waals surface area contributed by atoms with Crippen molar-refractivity contribution >= 4 is 11.6 Å². The van der Waals surface area contributed by atoms with Gasteiger partial charge in [0.25, 0.3) is 0 Å². The quantitative estimate of drug-likeness (QED) is 0.927. The van der Waals surface area contributed by atoms with E-state index < -0.39 is 0 Å². The monoisotopic (exact) mass is 312 g/mol. The maximum absolute atomic E-state index is 6.43. The van der Waals surface area contributed by atoms with E-state index >= 15 is 0 Å². The zero-order valence-electron chi connectivity index (χ0n) is 14.3. The molecule has 2 heterocycles. The summed E-state index contributed by atoms with van der Waals surface area (Å²) in [5.41, 5.74) is 2.55. The summed E-state index contributed by atoms with van der Waals surface area (Å²) < 4.78 is 1.77. The van der Waals surface area contributed by atoms with Gasteiger partial charge in [-0.25, -0.2) is 0 Å². The third-order valence-electron chi connectivity index (χ3n) is 5.36. The number of aromatic nitrogens is 2. The highest BCUT2D eigenvalue weighted by Crippen LogP contribution is 2.32. The van der Waals surface area contributed by atoms with Crippen LogP contribution in [0.2, 0.25) is 5.15 Å². The maximum atomic E-state index is 6.43. The van der Waals surface area contributed by atoms with Crippen molar-refractivity contribution in [1.82, 2.24) is 20.0 Å². The zero-order valence-corrected chi connectivity index (χ0v) is 15.0. The van der Waals surface area contributed by atoms with Gasteiger partial charge in [-0.3, -0.25) is 9.58 Å². The molecule has 21 heavy (non-hydrogen) atoms. The van der Waals surface area contributed by atoms with Crippen LogP contribution in [0.4, 0.5) is 0 Å². The van der Waals surface area contributed by atoms with Gasteiger partial charge in [-0.1, -0.05) is 25.4 Å². The van der Waals surface area contributed by atoms with Gasteiger partial charge >= 0.3 is 0 Å². The summed E-state index contributed by atoms with van der Waals surface area (Å²) >= 11 is 6.43. The maximum Gasteiger partial charge on any atom is 0.131 e. The number of aryl methyl sites for hydroxylation is 2. The van der Waals surface area contributed by atoms with Gasteiger partial charge in [0.15, 0.2) is 0 Å². The first-order chi connectivity index (χ1) is 9.74. The van der Waals surface area contributed by atoms with Gasteiger partial charge in [-0.2, -0.15) is 5.10 Å². The average Bonchev–Trinajstić information content (AvgIpc) is 2.70. The van der Waals surface area contributed by atoms with E-state index in [0.29, 0.717) is 0 Å². The lowest BCUT2D eigenvalue weighted by molar-refractivity contribution is 0.0103. The van der Waals surface area contributed by atoms with Crippen LogP contribution < -0.4 is 5.32 Å². The molecule has 1 saturated heterocycles. The number of hydrogen-bond acceptors (Lipinski definition) is 3. The number of nitrogens with one attached hydrogen (secondary N) is 1. The highest BCUT2D eigenvalue weighted by Gasteiger charge is 2.41. The molecule has 2 atom stereocenters. The second kappa shape index (κ2) is 5.90. The van der Waals surface area contributed by atoms with Gasteiger partial charge in [-0.15, -0.1) is 0 Å². The molecule has 1 aromatic heterocycles. The Morgan fingerprint density at radius 3 is 2.43 bits per heavy atom. The van der Waals surface area contributed by atoms with Crippen molar-refractivity contribution in [1.29, 1.82) is 0 Å². The van der Waals surface area contributed by atoms with Crippen molar-refractivity contribution in [3.05, 3.63) is 16.4 Å². The fraction of sp³-hybridized carbons (Fsp3) is 0.812. The Kier molecular flexibility index (Phi) is 4.72. The van der Waals surface area contributed by atoms with E-state index in [1.807, 2.05) is 14.0 Å². The highest BCUT2D eigenvalue weighted by molar-refractivity contribution is 6.30. The summed E-state index contributed by atoms with van der Waals surface area (Å²) in [6.45, 7) is 14.2. The van der Waals surface area contributed by atoms with Crippen LogP contribution in [0.3, 0.4) is 0 Å². The van der Waals surface area contributed by atoms with Crippen LogP contribution in [0.15, 0.2) is 0 Å². The van der Waals surface area contributed by atoms with Crippen molar-refractivity contribution < 1.29 is 0 Å². The molecule has 1 aromatic rings. The topological polar surface area (TPSA) is 33.1 Å². The normalized spacial score (nSPS) is 30.8. The lowest BCUT2D eigenvalue weighted by Gasteiger charge is -2.52. The minimum atomic E-state index is 0.167. The minimum absolute atomic E-state index is 0.167. The second-order valence-electron chi connectivity index (χ2n) is 6.95. The van der Waals surface area contributed by atoms with E-state index in [2.05, 4.69) is 43.0 Å². The predicted octanol–water partition coefficient (Wildman–Crippen LogP) is 3.12. The highest BCUT2D eigenvalue weighted by atomic mass is 35.5. The molecule has 0 saturated carbocycles. The van der Waals surface area contributed by atoms with E-state index in [4.69, 9.17) is 11.6 Å². The van der Waals surface area contributed by atoms with Gasteiger partial charge in [0.2, 0.25) is 0 Å². The molecule has 0 amide bonds. The van der Waals surface area contributed by atoms with Gasteiger partial charge in [0.1, 0.15) is 5.15 Å². The summed E-state index contributed by atoms with van der Waals surface area (Å²) in [5, 5.41) is 8.96. The third-order valence-corrected chi connectivity index (χ3v) is 5.83. The number of halogens is 1. The molecule has 1 aliphatic heterocycles. The summed E-state index contributed by atoms with van der Waals surface area (Å²) in [6.07, 6.45) is 2.25. The van der Waals surface area contributed by atoms with Crippen molar-refractivity contribution in [2.24, 2.45) is 7.05 Å². The molecule has 1 fully saturated rings. The van der Waals surface area contributed by atoms with E-state index in [9.17, 15) is 0 Å². The van der Waals surface area contributed by atoms with Crippen molar-refractivity contribution in [2.45, 2.75) is 65.1 Å². The fourth-order valence-electron chi connectivity index (χ4n) is 3.06. The number of rotatable bonds is 4. The Labute approximate surface area is 133 Å². The Bertz CT molecular complexity index is 513. The molecule has 0 aromatic carbocycles. The van der Waals surface area contributed by atoms with Crippen molar-refractivity contribution in [3.8, 4) is 0 Å². The summed E-state index contributed by atoms with van der Waals surface area (Å²) in [5.74, 6) is 0. The molecular weight excluding hydrogens is 284 g/mol. The average molecular weight is 313 g/mol. The summed E-state index contributed by atoms with van der Waals surface area (Å²) in [6, 6.07) is 0. The van der Waals surface area contributed by atoms with Crippen LogP contribution in [0.5, 0.6) is 0 Å². The van der Waals surface area contributed by atoms with Crippen LogP contribution in [-0.4, -0.2) is 38.8 Å². The Balaban J connectivity index is 2.29. The van der Waals surface area contributed by atoms with Gasteiger partial charge in [0, 0.05) is 43.3 Å². The Morgan fingerprint density at radius 2 is 1.95 bits per heavy atom. The van der Waals surface area contributed by atoms with E-state index in [1.165, 1.54) is 5.56 Å². The SMILES string of the molecule is CCC1(C)CN(Cc2c(C)nn(C)c2Cl)C(C)(CC)CN1. The molecule has 0 bridgehead atoms. The summed E-state index contributed by atoms with van der Waals surface area (Å²) in [4.78, 5) is 2.59. The van der Waals surface area contributed by atoms with E-state index in [-0.39, 0.29) is 11.1 Å². The molecular formula is C16H29ClN4. The number of nitrogens with zero attached hydrogens (tertiary/aromatic N) is 3. The molecule has 2 rings (SSSR count). The third kappa shape index (κ3) is 3.13. The Morgan fingerprint density at radius 1 is 1.29 bits per heavy atom. The van der Waals surface area contributed by atoms with Crippen LogP contribution in [-0.2, 0) is 13.6 Å². The first kappa shape index (κ1) is 16.8. The minimum Gasteiger partial charge on any atom is -0.308 e. The van der Waals surface area contributed by atoms with E-state index in [1.54, 1.807) is 4.68 Å². The van der Waals surface area contributed by atoms with Crippen molar-refractivity contribution in [3.63, 3.8) is 0 Å². The predicted molar refractivity (Wildman–Crippen MR) is 88.8 cm³/mol. The fourth-order valence-corrected chi connectivity index (χ4v) is 3.29. The molecule has 0 radical (unpaired) electrons. The molecule has 1 N–H and O–H groups in total. The van der Waals surface area contributed by atoms with Crippen molar-refractivity contribution in [2.75, 3.05) is 13.1 Å². The zero-order chi connectivity index (χ0) is 15.8. The smallest absolute Gasteiger partial charge is 0.131 e. The molecule has 2 unspecified atom stereocenters. The lowest BCUT2D eigenvalue weighted by atomic mass is 9.85. The van der Waals surface area contributed by atoms with Crippen LogP contribution in [0.1, 0.15) is 51.8 Å². The standard InChI is InChI=1S/C16H29ClN4/c1-7-15(4)11-21(16(5,8-2)10-18-15)9-13-12(3)19-20(6)14(13)17/h18H,7-11H2,1-6H3. The molecule has 0 aliphatic carbocycles. The van der Waals surface area contributed by atoms with Gasteiger partial charge in [0.05, 0.1) is 5.69 Å². The van der Waals surface area contributed by atoms with Crippen LogP contribution in [0.25, 0.3) is 0 Å². The molecule has 4 nitrogen and oxygen atoms in total. The number of piperazine rings is 1. The van der Waals surface area contributed by atoms with Crippen LogP contribution in [0, 0.1) is 6.92 Å².